The molecule has 1 N–H and O–H groups in total. The van der Waals surface area contributed by atoms with E-state index in [1.807, 2.05) is 0 Å². The van der Waals surface area contributed by atoms with Crippen molar-refractivity contribution in [3.8, 4) is 17.6 Å². The lowest BCUT2D eigenvalue weighted by Crippen LogP contribution is -2.40. The van der Waals surface area contributed by atoms with Gasteiger partial charge < -0.3 is 5.11 Å². The third-order valence-corrected chi connectivity index (χ3v) is 6.10. The number of aromatic nitrogens is 2. The molecule has 27 heavy (non-hydrogen) atoms. The molecule has 0 amide bonds. The first-order valence-corrected chi connectivity index (χ1v) is 10.1. The summed E-state index contributed by atoms with van der Waals surface area (Å²) in [6, 6.07) is 12.5. The quantitative estimate of drug-likeness (QED) is 0.713. The van der Waals surface area contributed by atoms with Crippen LogP contribution in [0.25, 0.3) is 16.5 Å². The lowest BCUT2D eigenvalue weighted by atomic mass is 10.0. The molecule has 0 radical (unpaired) electrons. The molecule has 9 heteroatoms. The third kappa shape index (κ3) is 2.61. The van der Waals surface area contributed by atoms with E-state index in [2.05, 4.69) is 6.07 Å². The van der Waals surface area contributed by atoms with Crippen molar-refractivity contribution in [3.63, 3.8) is 0 Å². The summed E-state index contributed by atoms with van der Waals surface area (Å²) in [5.41, 5.74) is 0.727. The Morgan fingerprint density at radius 3 is 2.48 bits per heavy atom. The number of benzene rings is 2. The van der Waals surface area contributed by atoms with Crippen molar-refractivity contribution in [1.29, 1.82) is 5.26 Å². The molecule has 0 aliphatic carbocycles. The Kier molecular flexibility index (Phi) is 3.83. The zero-order chi connectivity index (χ0) is 19.3. The van der Waals surface area contributed by atoms with Gasteiger partial charge in [-0.25, -0.2) is 17.8 Å². The maximum atomic E-state index is 12.9. The molecule has 2 aromatic carbocycles. The molecule has 0 spiro atoms. The second-order valence-corrected chi connectivity index (χ2v) is 8.41. The topological polar surface area (TPSA) is 108 Å². The summed E-state index contributed by atoms with van der Waals surface area (Å²) in [5, 5.41) is 21.4. The molecule has 1 aliphatic heterocycles. The molecule has 138 valence electrons. The van der Waals surface area contributed by atoms with E-state index in [-0.39, 0.29) is 31.2 Å². The van der Waals surface area contributed by atoms with Gasteiger partial charge in [0.15, 0.2) is 0 Å². The van der Waals surface area contributed by atoms with Crippen LogP contribution in [0.1, 0.15) is 11.3 Å². The lowest BCUT2D eigenvalue weighted by Gasteiger charge is -2.25. The minimum Gasteiger partial charge on any atom is -0.493 e. The molecule has 1 aliphatic rings. The van der Waals surface area contributed by atoms with E-state index in [0.29, 0.717) is 22.0 Å². The SMILES string of the molecule is CS(=O)(=O)N1CCn2c(c(O)n(-c3ccc(C#N)c4ccccc34)c2=O)C1. The largest absolute Gasteiger partial charge is 0.493 e. The zero-order valence-corrected chi connectivity index (χ0v) is 15.3. The fourth-order valence-electron chi connectivity index (χ4n) is 3.50. The fourth-order valence-corrected chi connectivity index (χ4v) is 4.27. The van der Waals surface area contributed by atoms with Gasteiger partial charge in [-0.2, -0.15) is 9.57 Å². The molecule has 0 fully saturated rings. The van der Waals surface area contributed by atoms with Gasteiger partial charge in [0.1, 0.15) is 0 Å². The van der Waals surface area contributed by atoms with Gasteiger partial charge in [0.05, 0.1) is 35.8 Å². The first kappa shape index (κ1) is 17.3. The average molecular weight is 384 g/mol. The van der Waals surface area contributed by atoms with Crippen molar-refractivity contribution < 1.29 is 13.5 Å². The van der Waals surface area contributed by atoms with Gasteiger partial charge in [-0.1, -0.05) is 24.3 Å². The highest BCUT2D eigenvalue weighted by atomic mass is 32.2. The van der Waals surface area contributed by atoms with Gasteiger partial charge in [-0.3, -0.25) is 4.57 Å². The summed E-state index contributed by atoms with van der Waals surface area (Å²) in [6.45, 7) is 0.264. The van der Waals surface area contributed by atoms with Crippen molar-refractivity contribution in [1.82, 2.24) is 13.4 Å². The predicted octanol–water partition coefficient (Wildman–Crippen LogP) is 1.14. The van der Waals surface area contributed by atoms with E-state index < -0.39 is 15.7 Å². The fraction of sp³-hybridized carbons (Fsp3) is 0.222. The van der Waals surface area contributed by atoms with Gasteiger partial charge in [0, 0.05) is 23.9 Å². The van der Waals surface area contributed by atoms with Crippen LogP contribution in [0.4, 0.5) is 0 Å². The van der Waals surface area contributed by atoms with Gasteiger partial charge in [0.25, 0.3) is 0 Å². The number of imidazole rings is 1. The first-order chi connectivity index (χ1) is 12.8. The Morgan fingerprint density at radius 1 is 1.11 bits per heavy atom. The molecule has 0 bridgehead atoms. The maximum Gasteiger partial charge on any atom is 0.336 e. The van der Waals surface area contributed by atoms with Crippen LogP contribution in [0.2, 0.25) is 0 Å². The van der Waals surface area contributed by atoms with Crippen LogP contribution in [0.15, 0.2) is 41.2 Å². The second kappa shape index (κ2) is 5.97. The molecular weight excluding hydrogens is 368 g/mol. The van der Waals surface area contributed by atoms with Crippen LogP contribution in [-0.2, 0) is 23.1 Å². The van der Waals surface area contributed by atoms with E-state index >= 15 is 0 Å². The molecule has 0 saturated carbocycles. The van der Waals surface area contributed by atoms with E-state index in [9.17, 15) is 23.6 Å². The van der Waals surface area contributed by atoms with Crippen LogP contribution in [0, 0.1) is 11.3 Å². The van der Waals surface area contributed by atoms with E-state index in [1.165, 1.54) is 13.4 Å². The molecule has 3 aromatic rings. The van der Waals surface area contributed by atoms with Gasteiger partial charge in [-0.05, 0) is 12.1 Å². The lowest BCUT2D eigenvalue weighted by molar-refractivity contribution is 0.330. The summed E-state index contributed by atoms with van der Waals surface area (Å²) in [5.74, 6) is -0.289. The predicted molar refractivity (Wildman–Crippen MR) is 99.2 cm³/mol. The molecule has 4 rings (SSSR count). The number of hydrogen-bond acceptors (Lipinski definition) is 5. The van der Waals surface area contributed by atoms with Gasteiger partial charge >= 0.3 is 5.69 Å². The van der Waals surface area contributed by atoms with Crippen LogP contribution in [-0.4, -0.2) is 39.8 Å². The van der Waals surface area contributed by atoms with Crippen molar-refractivity contribution in [2.45, 2.75) is 13.1 Å². The van der Waals surface area contributed by atoms with Crippen molar-refractivity contribution in [2.75, 3.05) is 12.8 Å². The maximum absolute atomic E-state index is 12.9. The number of hydrogen-bond donors (Lipinski definition) is 1. The molecule has 0 saturated heterocycles. The van der Waals surface area contributed by atoms with Crippen LogP contribution in [0.5, 0.6) is 5.88 Å². The van der Waals surface area contributed by atoms with Gasteiger partial charge in [-0.15, -0.1) is 0 Å². The standard InChI is InChI=1S/C18H16N4O4S/c1-27(25,26)20-8-9-21-16(11-20)17(23)22(18(21)24)15-7-6-12(10-19)13-4-2-3-5-14(13)15/h2-7,23H,8-9,11H2,1H3. The van der Waals surface area contributed by atoms with Crippen molar-refractivity contribution in [2.24, 2.45) is 0 Å². The summed E-state index contributed by atoms with van der Waals surface area (Å²) >= 11 is 0. The minimum absolute atomic E-state index is 0.0683. The number of aromatic hydroxyl groups is 1. The smallest absolute Gasteiger partial charge is 0.336 e. The molecule has 0 atom stereocenters. The Bertz CT molecular complexity index is 1280. The third-order valence-electron chi connectivity index (χ3n) is 4.85. The summed E-state index contributed by atoms with van der Waals surface area (Å²) in [6.07, 6.45) is 1.10. The van der Waals surface area contributed by atoms with E-state index in [4.69, 9.17) is 0 Å². The second-order valence-electron chi connectivity index (χ2n) is 6.43. The monoisotopic (exact) mass is 384 g/mol. The van der Waals surface area contributed by atoms with Crippen LogP contribution >= 0.6 is 0 Å². The Balaban J connectivity index is 1.96. The molecular formula is C18H16N4O4S. The molecule has 0 unspecified atom stereocenters. The summed E-state index contributed by atoms with van der Waals surface area (Å²) in [7, 11) is -3.44. The highest BCUT2D eigenvalue weighted by Gasteiger charge is 2.30. The average Bonchev–Trinajstić information content (AvgIpc) is 2.90. The Morgan fingerprint density at radius 2 is 1.81 bits per heavy atom. The van der Waals surface area contributed by atoms with E-state index in [1.54, 1.807) is 36.4 Å². The number of rotatable bonds is 2. The Hall–Kier alpha value is -3.09. The normalized spacial score (nSPS) is 14.8. The molecule has 2 heterocycles. The molecule has 1 aromatic heterocycles. The van der Waals surface area contributed by atoms with E-state index in [0.717, 1.165) is 6.26 Å². The number of nitrogens with zero attached hydrogens (tertiary/aromatic N) is 4. The van der Waals surface area contributed by atoms with Crippen LogP contribution in [0.3, 0.4) is 0 Å². The number of nitriles is 1. The Labute approximate surface area is 155 Å². The van der Waals surface area contributed by atoms with Crippen molar-refractivity contribution in [3.05, 3.63) is 58.1 Å². The van der Waals surface area contributed by atoms with Crippen LogP contribution < -0.4 is 5.69 Å². The first-order valence-electron chi connectivity index (χ1n) is 8.23. The zero-order valence-electron chi connectivity index (χ0n) is 14.5. The minimum atomic E-state index is -3.44. The number of fused-ring (bicyclic) bond motifs is 2. The highest BCUT2D eigenvalue weighted by molar-refractivity contribution is 7.88. The van der Waals surface area contributed by atoms with Gasteiger partial charge in [0.2, 0.25) is 15.9 Å². The highest BCUT2D eigenvalue weighted by Crippen LogP contribution is 2.30. The number of sulfonamides is 1. The summed E-state index contributed by atoms with van der Waals surface area (Å²) in [4.78, 5) is 12.9. The molecule has 8 nitrogen and oxygen atoms in total. The summed E-state index contributed by atoms with van der Waals surface area (Å²) < 4.78 is 27.5. The van der Waals surface area contributed by atoms with Crippen molar-refractivity contribution >= 4 is 20.8 Å².